The van der Waals surface area contributed by atoms with E-state index in [-0.39, 0.29) is 0 Å². The highest BCUT2D eigenvalue weighted by Gasteiger charge is 1.91. The Hall–Kier alpha value is -0.930. The van der Waals surface area contributed by atoms with Crippen molar-refractivity contribution in [2.45, 2.75) is 13.5 Å². The molecule has 1 rings (SSSR count). The van der Waals surface area contributed by atoms with Crippen LogP contribution in [0.25, 0.3) is 0 Å². The predicted octanol–water partition coefficient (Wildman–Crippen LogP) is 0.438. The van der Waals surface area contributed by atoms with Crippen molar-refractivity contribution in [1.82, 2.24) is 10.3 Å². The monoisotopic (exact) mass is 165 g/mol. The lowest BCUT2D eigenvalue weighted by atomic mass is 10.2. The summed E-state index contributed by atoms with van der Waals surface area (Å²) in [6, 6.07) is 4.08. The average molecular weight is 165 g/mol. The lowest BCUT2D eigenvalue weighted by molar-refractivity contribution is 0.693. The maximum absolute atomic E-state index is 5.35. The van der Waals surface area contributed by atoms with Crippen LogP contribution in [-0.4, -0.2) is 18.1 Å². The zero-order chi connectivity index (χ0) is 8.81. The molecule has 0 radical (unpaired) electrons. The molecule has 0 aliphatic heterocycles. The molecule has 0 spiro atoms. The molecule has 0 amide bonds. The molecule has 1 heterocycles. The number of nitrogens with one attached hydrogen (secondary N) is 1. The van der Waals surface area contributed by atoms with Gasteiger partial charge in [-0.3, -0.25) is 4.98 Å². The highest BCUT2D eigenvalue weighted by atomic mass is 14.9. The maximum Gasteiger partial charge on any atom is 0.0375 e. The Kier molecular flexibility index (Phi) is 3.70. The van der Waals surface area contributed by atoms with E-state index in [1.54, 1.807) is 0 Å². The molecule has 0 aliphatic rings. The zero-order valence-electron chi connectivity index (χ0n) is 7.38. The van der Waals surface area contributed by atoms with Crippen LogP contribution in [0.3, 0.4) is 0 Å². The average Bonchev–Trinajstić information content (AvgIpc) is 2.05. The van der Waals surface area contributed by atoms with Gasteiger partial charge in [0.05, 0.1) is 0 Å². The van der Waals surface area contributed by atoms with Crippen molar-refractivity contribution < 1.29 is 0 Å². The predicted molar refractivity (Wildman–Crippen MR) is 49.7 cm³/mol. The van der Waals surface area contributed by atoms with Gasteiger partial charge in [0.1, 0.15) is 0 Å². The third-order valence-corrected chi connectivity index (χ3v) is 1.61. The first-order valence-electron chi connectivity index (χ1n) is 4.15. The Balaban J connectivity index is 2.41. The molecule has 0 atom stereocenters. The van der Waals surface area contributed by atoms with Crippen LogP contribution in [0.4, 0.5) is 0 Å². The van der Waals surface area contributed by atoms with E-state index in [0.717, 1.165) is 18.8 Å². The van der Waals surface area contributed by atoms with Gasteiger partial charge in [0.2, 0.25) is 0 Å². The number of rotatable bonds is 4. The molecule has 0 saturated carbocycles. The van der Waals surface area contributed by atoms with Gasteiger partial charge >= 0.3 is 0 Å². The number of aryl methyl sites for hydroxylation is 1. The van der Waals surface area contributed by atoms with Gasteiger partial charge < -0.3 is 11.1 Å². The van der Waals surface area contributed by atoms with E-state index in [1.165, 1.54) is 5.56 Å². The van der Waals surface area contributed by atoms with Crippen LogP contribution in [0.1, 0.15) is 11.3 Å². The van der Waals surface area contributed by atoms with Gasteiger partial charge in [-0.25, -0.2) is 0 Å². The molecule has 0 unspecified atom stereocenters. The fourth-order valence-electron chi connectivity index (χ4n) is 1.05. The number of pyridine rings is 1. The van der Waals surface area contributed by atoms with E-state index >= 15 is 0 Å². The van der Waals surface area contributed by atoms with Crippen LogP contribution in [0.15, 0.2) is 18.3 Å². The molecule has 0 saturated heterocycles. The number of nitrogens with two attached hydrogens (primary N) is 1. The number of hydrogen-bond acceptors (Lipinski definition) is 3. The van der Waals surface area contributed by atoms with E-state index in [2.05, 4.69) is 16.4 Å². The van der Waals surface area contributed by atoms with Gasteiger partial charge in [0.25, 0.3) is 0 Å². The molecule has 0 fully saturated rings. The molecule has 0 aromatic carbocycles. The first kappa shape index (κ1) is 9.16. The summed E-state index contributed by atoms with van der Waals surface area (Å²) in [5.41, 5.74) is 7.67. The van der Waals surface area contributed by atoms with E-state index in [9.17, 15) is 0 Å². The van der Waals surface area contributed by atoms with Crippen molar-refractivity contribution in [1.29, 1.82) is 0 Å². The standard InChI is InChI=1S/C9H15N3/c1-8-6-9(2-4-12-8)7-11-5-3-10/h2,4,6,11H,3,5,7,10H2,1H3. The molecule has 3 heteroatoms. The van der Waals surface area contributed by atoms with Crippen LogP contribution in [0.2, 0.25) is 0 Å². The fraction of sp³-hybridized carbons (Fsp3) is 0.444. The topological polar surface area (TPSA) is 50.9 Å². The molecule has 1 aromatic heterocycles. The molecule has 3 N–H and O–H groups in total. The second kappa shape index (κ2) is 4.85. The third-order valence-electron chi connectivity index (χ3n) is 1.61. The summed E-state index contributed by atoms with van der Waals surface area (Å²) in [5.74, 6) is 0. The summed E-state index contributed by atoms with van der Waals surface area (Å²) in [4.78, 5) is 4.12. The summed E-state index contributed by atoms with van der Waals surface area (Å²) < 4.78 is 0. The molecule has 12 heavy (non-hydrogen) atoms. The van der Waals surface area contributed by atoms with E-state index in [1.807, 2.05) is 19.2 Å². The minimum atomic E-state index is 0.685. The highest BCUT2D eigenvalue weighted by Crippen LogP contribution is 1.99. The lowest BCUT2D eigenvalue weighted by Crippen LogP contribution is -2.21. The van der Waals surface area contributed by atoms with Crippen molar-refractivity contribution in [3.8, 4) is 0 Å². The molecular weight excluding hydrogens is 150 g/mol. The molecule has 3 nitrogen and oxygen atoms in total. The van der Waals surface area contributed by atoms with Crippen molar-refractivity contribution in [3.05, 3.63) is 29.6 Å². The van der Waals surface area contributed by atoms with Gasteiger partial charge in [0, 0.05) is 31.5 Å². The summed E-state index contributed by atoms with van der Waals surface area (Å²) in [6.45, 7) is 4.42. The smallest absolute Gasteiger partial charge is 0.0375 e. The van der Waals surface area contributed by atoms with Gasteiger partial charge in [0.15, 0.2) is 0 Å². The largest absolute Gasteiger partial charge is 0.329 e. The Bertz CT molecular complexity index is 235. The minimum Gasteiger partial charge on any atom is -0.329 e. The highest BCUT2D eigenvalue weighted by molar-refractivity contribution is 5.14. The normalized spacial score (nSPS) is 10.2. The lowest BCUT2D eigenvalue weighted by Gasteiger charge is -2.02. The Morgan fingerprint density at radius 1 is 1.58 bits per heavy atom. The molecule has 1 aromatic rings. The first-order valence-corrected chi connectivity index (χ1v) is 4.15. The second-order valence-corrected chi connectivity index (χ2v) is 2.77. The summed E-state index contributed by atoms with van der Waals surface area (Å²) in [5, 5.41) is 3.23. The van der Waals surface area contributed by atoms with Crippen molar-refractivity contribution in [3.63, 3.8) is 0 Å². The Labute approximate surface area is 73.0 Å². The fourth-order valence-corrected chi connectivity index (χ4v) is 1.05. The number of hydrogen-bond donors (Lipinski definition) is 2. The summed E-state index contributed by atoms with van der Waals surface area (Å²) in [7, 11) is 0. The SMILES string of the molecule is Cc1cc(CNCCN)ccn1. The van der Waals surface area contributed by atoms with Crippen LogP contribution >= 0.6 is 0 Å². The van der Waals surface area contributed by atoms with Crippen molar-refractivity contribution >= 4 is 0 Å². The zero-order valence-corrected chi connectivity index (χ0v) is 7.38. The van der Waals surface area contributed by atoms with E-state index in [0.29, 0.717) is 6.54 Å². The van der Waals surface area contributed by atoms with E-state index < -0.39 is 0 Å². The van der Waals surface area contributed by atoms with Gasteiger partial charge in [-0.15, -0.1) is 0 Å². The van der Waals surface area contributed by atoms with Crippen molar-refractivity contribution in [2.24, 2.45) is 5.73 Å². The first-order chi connectivity index (χ1) is 5.83. The van der Waals surface area contributed by atoms with Crippen LogP contribution in [0, 0.1) is 6.92 Å². The Morgan fingerprint density at radius 2 is 2.42 bits per heavy atom. The summed E-state index contributed by atoms with van der Waals surface area (Å²) >= 11 is 0. The van der Waals surface area contributed by atoms with E-state index in [4.69, 9.17) is 5.73 Å². The molecular formula is C9H15N3. The minimum absolute atomic E-state index is 0.685. The van der Waals surface area contributed by atoms with Crippen LogP contribution in [0.5, 0.6) is 0 Å². The van der Waals surface area contributed by atoms with Gasteiger partial charge in [-0.05, 0) is 24.6 Å². The molecule has 0 bridgehead atoms. The van der Waals surface area contributed by atoms with Crippen LogP contribution < -0.4 is 11.1 Å². The third kappa shape index (κ3) is 2.98. The number of aromatic nitrogens is 1. The van der Waals surface area contributed by atoms with Gasteiger partial charge in [-0.1, -0.05) is 0 Å². The maximum atomic E-state index is 5.35. The second-order valence-electron chi connectivity index (χ2n) is 2.77. The van der Waals surface area contributed by atoms with Gasteiger partial charge in [-0.2, -0.15) is 0 Å². The van der Waals surface area contributed by atoms with Crippen molar-refractivity contribution in [2.75, 3.05) is 13.1 Å². The quantitative estimate of drug-likeness (QED) is 0.636. The Morgan fingerprint density at radius 3 is 3.08 bits per heavy atom. The molecule has 0 aliphatic carbocycles. The molecule has 66 valence electrons. The summed E-state index contributed by atoms with van der Waals surface area (Å²) in [6.07, 6.45) is 1.83. The van der Waals surface area contributed by atoms with Crippen LogP contribution in [-0.2, 0) is 6.54 Å². The number of nitrogens with zero attached hydrogens (tertiary/aromatic N) is 1.